The highest BCUT2D eigenvalue weighted by atomic mass is 16.2. The Bertz CT molecular complexity index is 780. The van der Waals surface area contributed by atoms with Crippen LogP contribution in [0.4, 0.5) is 11.5 Å². The van der Waals surface area contributed by atoms with Gasteiger partial charge >= 0.3 is 0 Å². The van der Waals surface area contributed by atoms with E-state index in [0.29, 0.717) is 12.1 Å². The molecule has 0 atom stereocenters. The zero-order chi connectivity index (χ0) is 21.4. The van der Waals surface area contributed by atoms with Crippen LogP contribution in [0.25, 0.3) is 0 Å². The second-order valence-electron chi connectivity index (χ2n) is 10.6. The second kappa shape index (κ2) is 8.41. The fraction of sp³-hybridized carbons (Fsp3) is 0.708. The quantitative estimate of drug-likeness (QED) is 0.732. The van der Waals surface area contributed by atoms with Gasteiger partial charge in [-0.25, -0.2) is 4.98 Å². The van der Waals surface area contributed by atoms with Crippen LogP contribution in [0.1, 0.15) is 44.9 Å². The van der Waals surface area contributed by atoms with Gasteiger partial charge in [-0.15, -0.1) is 0 Å². The molecule has 5 aliphatic rings. The number of piperazine rings is 1. The standard InChI is InChI=1S/C24H35N5O2/c1-28-4-6-29(7-5-28)21-3-2-20(15-25-21)27-23(31)16-26-22(30)14-24-11-17-8-18(12-24)10-19(9-17)13-24/h2-3,15,17-19H,4-14,16H2,1H3,(H,26,30)(H,27,31). The van der Waals surface area contributed by atoms with Crippen LogP contribution in [0.3, 0.4) is 0 Å². The monoisotopic (exact) mass is 425 g/mol. The van der Waals surface area contributed by atoms with E-state index < -0.39 is 0 Å². The number of hydrogen-bond donors (Lipinski definition) is 2. The zero-order valence-electron chi connectivity index (χ0n) is 18.6. The highest BCUT2D eigenvalue weighted by Crippen LogP contribution is 2.61. The average molecular weight is 426 g/mol. The zero-order valence-corrected chi connectivity index (χ0v) is 18.6. The van der Waals surface area contributed by atoms with Crippen molar-refractivity contribution >= 4 is 23.3 Å². The molecule has 0 unspecified atom stereocenters. The lowest BCUT2D eigenvalue weighted by Gasteiger charge is -2.56. The SMILES string of the molecule is CN1CCN(c2ccc(NC(=O)CNC(=O)CC34CC5CC(CC(C5)C3)C4)cn2)CC1. The summed E-state index contributed by atoms with van der Waals surface area (Å²) in [6.07, 6.45) is 10.1. The van der Waals surface area contributed by atoms with Gasteiger partial charge in [0.05, 0.1) is 18.4 Å². The van der Waals surface area contributed by atoms with Crippen molar-refractivity contribution in [1.29, 1.82) is 0 Å². The van der Waals surface area contributed by atoms with Crippen LogP contribution in [0.5, 0.6) is 0 Å². The van der Waals surface area contributed by atoms with Crippen molar-refractivity contribution in [1.82, 2.24) is 15.2 Å². The summed E-state index contributed by atoms with van der Waals surface area (Å²) in [6.45, 7) is 4.01. The molecule has 7 nitrogen and oxygen atoms in total. The van der Waals surface area contributed by atoms with Crippen molar-refractivity contribution in [2.24, 2.45) is 23.2 Å². The number of likely N-dealkylation sites (N-methyl/N-ethyl adjacent to an activating group) is 1. The lowest BCUT2D eigenvalue weighted by Crippen LogP contribution is -2.48. The molecule has 31 heavy (non-hydrogen) atoms. The Morgan fingerprint density at radius 3 is 2.23 bits per heavy atom. The maximum atomic E-state index is 12.6. The van der Waals surface area contributed by atoms with E-state index in [-0.39, 0.29) is 23.8 Å². The Labute approximate surface area is 185 Å². The molecule has 0 aromatic carbocycles. The van der Waals surface area contributed by atoms with Crippen molar-refractivity contribution in [3.8, 4) is 0 Å². The van der Waals surface area contributed by atoms with Crippen molar-refractivity contribution in [3.63, 3.8) is 0 Å². The van der Waals surface area contributed by atoms with Gasteiger partial charge in [-0.05, 0) is 80.9 Å². The number of pyridine rings is 1. The first kappa shape index (κ1) is 20.7. The third kappa shape index (κ3) is 4.71. The molecule has 2 N–H and O–H groups in total. The predicted octanol–water partition coefficient (Wildman–Crippen LogP) is 2.49. The molecule has 4 aliphatic carbocycles. The van der Waals surface area contributed by atoms with E-state index in [9.17, 15) is 9.59 Å². The first-order valence-corrected chi connectivity index (χ1v) is 11.9. The largest absolute Gasteiger partial charge is 0.354 e. The molecule has 4 bridgehead atoms. The van der Waals surface area contributed by atoms with Gasteiger partial charge in [-0.3, -0.25) is 9.59 Å². The van der Waals surface area contributed by atoms with E-state index in [4.69, 9.17) is 0 Å². The van der Waals surface area contributed by atoms with Gasteiger partial charge in [-0.2, -0.15) is 0 Å². The van der Waals surface area contributed by atoms with Crippen LogP contribution in [0, 0.1) is 23.2 Å². The lowest BCUT2D eigenvalue weighted by atomic mass is 9.49. The van der Waals surface area contributed by atoms with E-state index >= 15 is 0 Å². The van der Waals surface area contributed by atoms with Gasteiger partial charge in [0, 0.05) is 32.6 Å². The number of nitrogens with zero attached hydrogens (tertiary/aromatic N) is 3. The summed E-state index contributed by atoms with van der Waals surface area (Å²) in [5, 5.41) is 5.71. The number of carbonyl (C=O) groups is 2. The molecule has 0 radical (unpaired) electrons. The molecule has 1 aliphatic heterocycles. The molecule has 1 saturated heterocycles. The van der Waals surface area contributed by atoms with Crippen molar-refractivity contribution in [3.05, 3.63) is 18.3 Å². The van der Waals surface area contributed by atoms with Gasteiger partial charge in [0.25, 0.3) is 0 Å². The fourth-order valence-electron chi connectivity index (χ4n) is 6.98. The molecule has 2 heterocycles. The van der Waals surface area contributed by atoms with E-state index in [0.717, 1.165) is 49.8 Å². The number of rotatable bonds is 6. The summed E-state index contributed by atoms with van der Waals surface area (Å²) in [7, 11) is 2.13. The Morgan fingerprint density at radius 2 is 1.65 bits per heavy atom. The number of nitrogens with one attached hydrogen (secondary N) is 2. The highest BCUT2D eigenvalue weighted by Gasteiger charge is 2.51. The van der Waals surface area contributed by atoms with Gasteiger partial charge in [0.1, 0.15) is 5.82 Å². The number of amides is 2. The topological polar surface area (TPSA) is 77.6 Å². The highest BCUT2D eigenvalue weighted by molar-refractivity contribution is 5.94. The molecule has 4 saturated carbocycles. The number of hydrogen-bond acceptors (Lipinski definition) is 5. The van der Waals surface area contributed by atoms with Crippen LogP contribution >= 0.6 is 0 Å². The normalized spacial score (nSPS) is 32.2. The van der Waals surface area contributed by atoms with Gasteiger partial charge < -0.3 is 20.4 Å². The molecule has 1 aromatic rings. The van der Waals surface area contributed by atoms with Crippen LogP contribution < -0.4 is 15.5 Å². The van der Waals surface area contributed by atoms with Gasteiger partial charge in [-0.1, -0.05) is 0 Å². The third-order valence-electron chi connectivity index (χ3n) is 8.01. The van der Waals surface area contributed by atoms with E-state index in [1.807, 2.05) is 12.1 Å². The molecule has 6 rings (SSSR count). The van der Waals surface area contributed by atoms with Crippen LogP contribution in [0.2, 0.25) is 0 Å². The number of aromatic nitrogens is 1. The van der Waals surface area contributed by atoms with Gasteiger partial charge in [0.2, 0.25) is 11.8 Å². The maximum absolute atomic E-state index is 12.6. The Balaban J connectivity index is 1.07. The Morgan fingerprint density at radius 1 is 1.00 bits per heavy atom. The Hall–Kier alpha value is -2.15. The first-order valence-electron chi connectivity index (χ1n) is 11.9. The Kier molecular flexibility index (Phi) is 5.63. The smallest absolute Gasteiger partial charge is 0.243 e. The molecule has 5 fully saturated rings. The van der Waals surface area contributed by atoms with E-state index in [1.54, 1.807) is 6.20 Å². The summed E-state index contributed by atoms with van der Waals surface area (Å²) in [5.41, 5.74) is 0.872. The second-order valence-corrected chi connectivity index (χ2v) is 10.6. The average Bonchev–Trinajstić information content (AvgIpc) is 2.72. The lowest BCUT2D eigenvalue weighted by molar-refractivity contribution is -0.131. The summed E-state index contributed by atoms with van der Waals surface area (Å²) < 4.78 is 0. The van der Waals surface area contributed by atoms with Crippen molar-refractivity contribution in [2.45, 2.75) is 44.9 Å². The van der Waals surface area contributed by atoms with Crippen LogP contribution in [0.15, 0.2) is 18.3 Å². The molecular weight excluding hydrogens is 390 g/mol. The summed E-state index contributed by atoms with van der Waals surface area (Å²) >= 11 is 0. The summed E-state index contributed by atoms with van der Waals surface area (Å²) in [6, 6.07) is 3.84. The minimum absolute atomic E-state index is 0.0193. The molecular formula is C24H35N5O2. The number of carbonyl (C=O) groups excluding carboxylic acids is 2. The summed E-state index contributed by atoms with van der Waals surface area (Å²) in [4.78, 5) is 34.0. The van der Waals surface area contributed by atoms with Crippen molar-refractivity contribution in [2.75, 3.05) is 50.0 Å². The molecule has 0 spiro atoms. The third-order valence-corrected chi connectivity index (χ3v) is 8.01. The van der Waals surface area contributed by atoms with Crippen molar-refractivity contribution < 1.29 is 9.59 Å². The minimum atomic E-state index is -0.201. The van der Waals surface area contributed by atoms with E-state index in [2.05, 4.69) is 32.5 Å². The fourth-order valence-corrected chi connectivity index (χ4v) is 6.98. The molecule has 7 heteroatoms. The summed E-state index contributed by atoms with van der Waals surface area (Å²) in [5.74, 6) is 3.28. The predicted molar refractivity (Wildman–Crippen MR) is 121 cm³/mol. The first-order chi connectivity index (χ1) is 15.0. The number of anilines is 2. The minimum Gasteiger partial charge on any atom is -0.354 e. The molecule has 168 valence electrons. The molecule has 1 aromatic heterocycles. The van der Waals surface area contributed by atoms with Crippen LogP contribution in [-0.4, -0.2) is 61.5 Å². The van der Waals surface area contributed by atoms with Gasteiger partial charge in [0.15, 0.2) is 0 Å². The molecule has 2 amide bonds. The van der Waals surface area contributed by atoms with Crippen LogP contribution in [-0.2, 0) is 9.59 Å². The van der Waals surface area contributed by atoms with E-state index in [1.165, 1.54) is 38.5 Å². The maximum Gasteiger partial charge on any atom is 0.243 e.